The van der Waals surface area contributed by atoms with Gasteiger partial charge in [-0.25, -0.2) is 0 Å². The van der Waals surface area contributed by atoms with Crippen LogP contribution >= 0.6 is 0 Å². The zero-order valence-electron chi connectivity index (χ0n) is 10.1. The van der Waals surface area contributed by atoms with Crippen molar-refractivity contribution in [1.29, 1.82) is 0 Å². The van der Waals surface area contributed by atoms with Crippen molar-refractivity contribution in [3.8, 4) is 0 Å². The third-order valence-corrected chi connectivity index (χ3v) is 3.08. The normalized spacial score (nSPS) is 23.2. The van der Waals surface area contributed by atoms with Crippen molar-refractivity contribution >= 4 is 0 Å². The summed E-state index contributed by atoms with van der Waals surface area (Å²) in [5, 5.41) is 0. The van der Waals surface area contributed by atoms with Crippen LogP contribution in [0.15, 0.2) is 0 Å². The molecule has 1 rings (SSSR count). The Morgan fingerprint density at radius 1 is 1.40 bits per heavy atom. The highest BCUT2D eigenvalue weighted by molar-refractivity contribution is 4.72. The van der Waals surface area contributed by atoms with Gasteiger partial charge in [0.05, 0.1) is 6.61 Å². The molecule has 0 aliphatic carbocycles. The number of nitrogens with two attached hydrogens (primary N) is 1. The lowest BCUT2D eigenvalue weighted by Gasteiger charge is -2.32. The Balaban J connectivity index is 2.07. The van der Waals surface area contributed by atoms with E-state index in [4.69, 9.17) is 10.5 Å². The molecule has 1 aliphatic heterocycles. The zero-order chi connectivity index (χ0) is 10.9. The molecule has 0 aromatic carbocycles. The molecule has 3 heteroatoms. The number of hydrogen-bond donors (Lipinski definition) is 1. The Bertz CT molecular complexity index is 151. The standard InChI is InChI=1S/C12H26N2O/c1-2-9-15-10-8-14-7-3-4-12(11-14)5-6-13/h12H,2-11,13H2,1H3. The molecule has 1 atom stereocenters. The molecule has 1 aliphatic rings. The minimum atomic E-state index is 0.829. The average molecular weight is 214 g/mol. The molecule has 0 aromatic heterocycles. The molecule has 15 heavy (non-hydrogen) atoms. The maximum Gasteiger partial charge on any atom is 0.0593 e. The topological polar surface area (TPSA) is 38.5 Å². The number of piperidine rings is 1. The van der Waals surface area contributed by atoms with Crippen molar-refractivity contribution in [2.45, 2.75) is 32.6 Å². The second kappa shape index (κ2) is 8.08. The Hall–Kier alpha value is -0.120. The van der Waals surface area contributed by atoms with Gasteiger partial charge in [-0.1, -0.05) is 6.92 Å². The van der Waals surface area contributed by atoms with Crippen molar-refractivity contribution in [3.05, 3.63) is 0 Å². The third-order valence-electron chi connectivity index (χ3n) is 3.08. The molecule has 1 saturated heterocycles. The van der Waals surface area contributed by atoms with E-state index in [-0.39, 0.29) is 0 Å². The predicted octanol–water partition coefficient (Wildman–Crippen LogP) is 1.47. The summed E-state index contributed by atoms with van der Waals surface area (Å²) < 4.78 is 5.51. The summed E-state index contributed by atoms with van der Waals surface area (Å²) in [5.74, 6) is 0.829. The largest absolute Gasteiger partial charge is 0.380 e. The number of ether oxygens (including phenoxy) is 1. The molecule has 0 radical (unpaired) electrons. The summed E-state index contributed by atoms with van der Waals surface area (Å²) in [6.07, 6.45) is 5.00. The van der Waals surface area contributed by atoms with Crippen LogP contribution in [0, 0.1) is 5.92 Å². The zero-order valence-corrected chi connectivity index (χ0v) is 10.1. The van der Waals surface area contributed by atoms with E-state index in [2.05, 4.69) is 11.8 Å². The molecule has 0 saturated carbocycles. The fraction of sp³-hybridized carbons (Fsp3) is 1.00. The first-order valence-electron chi connectivity index (χ1n) is 6.37. The maximum absolute atomic E-state index is 5.60. The van der Waals surface area contributed by atoms with Crippen LogP contribution in [0.1, 0.15) is 32.6 Å². The monoisotopic (exact) mass is 214 g/mol. The molecule has 1 fully saturated rings. The van der Waals surface area contributed by atoms with Gasteiger partial charge in [0.2, 0.25) is 0 Å². The molecular formula is C12H26N2O. The summed E-state index contributed by atoms with van der Waals surface area (Å²) in [6, 6.07) is 0. The molecular weight excluding hydrogens is 188 g/mol. The van der Waals surface area contributed by atoms with Gasteiger partial charge in [-0.05, 0) is 44.7 Å². The van der Waals surface area contributed by atoms with E-state index in [0.717, 1.165) is 38.6 Å². The highest BCUT2D eigenvalue weighted by atomic mass is 16.5. The SMILES string of the molecule is CCCOCCN1CCCC(CCN)C1. The molecule has 0 amide bonds. The van der Waals surface area contributed by atoms with Crippen LogP contribution in [0.25, 0.3) is 0 Å². The second-order valence-corrected chi connectivity index (χ2v) is 4.50. The van der Waals surface area contributed by atoms with E-state index in [0.29, 0.717) is 0 Å². The Labute approximate surface area is 94.0 Å². The predicted molar refractivity (Wildman–Crippen MR) is 63.9 cm³/mol. The summed E-state index contributed by atoms with van der Waals surface area (Å²) in [6.45, 7) is 8.36. The highest BCUT2D eigenvalue weighted by Crippen LogP contribution is 2.18. The Morgan fingerprint density at radius 2 is 2.27 bits per heavy atom. The van der Waals surface area contributed by atoms with E-state index < -0.39 is 0 Å². The van der Waals surface area contributed by atoms with Gasteiger partial charge in [0.25, 0.3) is 0 Å². The number of likely N-dealkylation sites (tertiary alicyclic amines) is 1. The lowest BCUT2D eigenvalue weighted by molar-refractivity contribution is 0.0842. The van der Waals surface area contributed by atoms with Crippen molar-refractivity contribution in [3.63, 3.8) is 0 Å². The van der Waals surface area contributed by atoms with E-state index in [1.165, 1.54) is 32.4 Å². The van der Waals surface area contributed by atoms with Gasteiger partial charge in [-0.2, -0.15) is 0 Å². The molecule has 90 valence electrons. The van der Waals surface area contributed by atoms with Crippen LogP contribution in [0.5, 0.6) is 0 Å². The fourth-order valence-electron chi connectivity index (χ4n) is 2.27. The number of rotatable bonds is 7. The van der Waals surface area contributed by atoms with Crippen molar-refractivity contribution < 1.29 is 4.74 Å². The first kappa shape index (κ1) is 12.9. The average Bonchev–Trinajstić information content (AvgIpc) is 2.26. The second-order valence-electron chi connectivity index (χ2n) is 4.50. The van der Waals surface area contributed by atoms with Gasteiger partial charge in [0.15, 0.2) is 0 Å². The van der Waals surface area contributed by atoms with Crippen molar-refractivity contribution in [1.82, 2.24) is 4.90 Å². The maximum atomic E-state index is 5.60. The van der Waals surface area contributed by atoms with Crippen LogP contribution in [0.4, 0.5) is 0 Å². The van der Waals surface area contributed by atoms with Crippen molar-refractivity contribution in [2.75, 3.05) is 39.4 Å². The molecule has 0 spiro atoms. The summed E-state index contributed by atoms with van der Waals surface area (Å²) in [7, 11) is 0. The van der Waals surface area contributed by atoms with Gasteiger partial charge < -0.3 is 15.4 Å². The Morgan fingerprint density at radius 3 is 3.00 bits per heavy atom. The van der Waals surface area contributed by atoms with Crippen LogP contribution in [-0.4, -0.2) is 44.3 Å². The first-order chi connectivity index (χ1) is 7.36. The van der Waals surface area contributed by atoms with Gasteiger partial charge >= 0.3 is 0 Å². The minimum Gasteiger partial charge on any atom is -0.380 e. The lowest BCUT2D eigenvalue weighted by Crippen LogP contribution is -2.38. The molecule has 2 N–H and O–H groups in total. The molecule has 3 nitrogen and oxygen atoms in total. The van der Waals surface area contributed by atoms with Gasteiger partial charge in [0.1, 0.15) is 0 Å². The summed E-state index contributed by atoms with van der Waals surface area (Å²) in [4.78, 5) is 2.53. The quantitative estimate of drug-likeness (QED) is 0.652. The third kappa shape index (κ3) is 5.50. The molecule has 0 bridgehead atoms. The van der Waals surface area contributed by atoms with Crippen molar-refractivity contribution in [2.24, 2.45) is 11.7 Å². The summed E-state index contributed by atoms with van der Waals surface area (Å²) >= 11 is 0. The Kier molecular flexibility index (Phi) is 6.98. The highest BCUT2D eigenvalue weighted by Gasteiger charge is 2.18. The number of hydrogen-bond acceptors (Lipinski definition) is 3. The van der Waals surface area contributed by atoms with E-state index in [1.807, 2.05) is 0 Å². The van der Waals surface area contributed by atoms with Gasteiger partial charge in [0, 0.05) is 19.7 Å². The molecule has 0 aromatic rings. The van der Waals surface area contributed by atoms with Crippen LogP contribution in [-0.2, 0) is 4.74 Å². The van der Waals surface area contributed by atoms with E-state index >= 15 is 0 Å². The summed E-state index contributed by atoms with van der Waals surface area (Å²) in [5.41, 5.74) is 5.60. The van der Waals surface area contributed by atoms with Crippen LogP contribution in [0.2, 0.25) is 0 Å². The molecule has 1 unspecified atom stereocenters. The van der Waals surface area contributed by atoms with Gasteiger partial charge in [-0.3, -0.25) is 0 Å². The van der Waals surface area contributed by atoms with Gasteiger partial charge in [-0.15, -0.1) is 0 Å². The first-order valence-corrected chi connectivity index (χ1v) is 6.37. The minimum absolute atomic E-state index is 0.829. The number of nitrogens with zero attached hydrogens (tertiary/aromatic N) is 1. The molecule has 1 heterocycles. The fourth-order valence-corrected chi connectivity index (χ4v) is 2.27. The van der Waals surface area contributed by atoms with Crippen LogP contribution in [0.3, 0.4) is 0 Å². The van der Waals surface area contributed by atoms with E-state index in [1.54, 1.807) is 0 Å². The smallest absolute Gasteiger partial charge is 0.0593 e. The van der Waals surface area contributed by atoms with E-state index in [9.17, 15) is 0 Å². The lowest BCUT2D eigenvalue weighted by atomic mass is 9.95. The van der Waals surface area contributed by atoms with Crippen LogP contribution < -0.4 is 5.73 Å².